The molecule has 4 nitrogen and oxygen atoms in total. The van der Waals surface area contributed by atoms with Crippen LogP contribution in [0.3, 0.4) is 0 Å². The van der Waals surface area contributed by atoms with Crippen LogP contribution in [0.1, 0.15) is 27.2 Å². The lowest BCUT2D eigenvalue weighted by Gasteiger charge is -2.16. The van der Waals surface area contributed by atoms with Crippen LogP contribution in [0.15, 0.2) is 0 Å². The van der Waals surface area contributed by atoms with E-state index >= 15 is 0 Å². The molecule has 0 rings (SSSR count). The summed E-state index contributed by atoms with van der Waals surface area (Å²) in [6.07, 6.45) is 1.25. The zero-order valence-electron chi connectivity index (χ0n) is 11.2. The van der Waals surface area contributed by atoms with E-state index in [4.69, 9.17) is 5.73 Å². The second-order valence-electron chi connectivity index (χ2n) is 4.77. The first-order chi connectivity index (χ1) is 7.66. The maximum atomic E-state index is 5.37. The van der Waals surface area contributed by atoms with Gasteiger partial charge in [-0.1, -0.05) is 13.8 Å². The van der Waals surface area contributed by atoms with Gasteiger partial charge in [-0.15, -0.1) is 0 Å². The van der Waals surface area contributed by atoms with E-state index in [0.717, 1.165) is 38.6 Å². The van der Waals surface area contributed by atoms with Crippen LogP contribution in [-0.2, 0) is 0 Å². The summed E-state index contributed by atoms with van der Waals surface area (Å²) in [7, 11) is 0. The first kappa shape index (κ1) is 15.8. The van der Waals surface area contributed by atoms with Gasteiger partial charge in [-0.05, 0) is 19.3 Å². The molecular weight excluding hydrogens is 200 g/mol. The molecule has 0 amide bonds. The van der Waals surface area contributed by atoms with Crippen LogP contribution in [0.25, 0.3) is 0 Å². The molecule has 0 aromatic carbocycles. The van der Waals surface area contributed by atoms with E-state index in [0.29, 0.717) is 12.6 Å². The molecule has 1 unspecified atom stereocenters. The normalized spacial score (nSPS) is 13.3. The van der Waals surface area contributed by atoms with Crippen LogP contribution in [0, 0.1) is 5.92 Å². The molecule has 0 fully saturated rings. The van der Waals surface area contributed by atoms with E-state index in [-0.39, 0.29) is 0 Å². The molecule has 16 heavy (non-hydrogen) atoms. The largest absolute Gasteiger partial charge is 0.329 e. The third-order valence-corrected chi connectivity index (χ3v) is 2.42. The smallest absolute Gasteiger partial charge is 0.00792 e. The lowest BCUT2D eigenvalue weighted by molar-refractivity contribution is 0.438. The molecule has 98 valence electrons. The topological polar surface area (TPSA) is 62.1 Å². The minimum Gasteiger partial charge on any atom is -0.329 e. The molecule has 0 saturated heterocycles. The Bertz CT molecular complexity index is 139. The fourth-order valence-corrected chi connectivity index (χ4v) is 1.73. The minimum absolute atomic E-state index is 0.622. The standard InChI is InChI=1S/C12H30N4/c1-11(2)10-12(3)16-9-8-15-7-6-14-5-4-13/h11-12,14-16H,4-10,13H2,1-3H3. The van der Waals surface area contributed by atoms with E-state index in [2.05, 4.69) is 36.7 Å². The first-order valence-corrected chi connectivity index (χ1v) is 6.51. The fourth-order valence-electron chi connectivity index (χ4n) is 1.73. The number of nitrogens with one attached hydrogen (secondary N) is 3. The van der Waals surface area contributed by atoms with Crippen molar-refractivity contribution >= 4 is 0 Å². The van der Waals surface area contributed by atoms with Gasteiger partial charge >= 0.3 is 0 Å². The predicted octanol–water partition coefficient (Wildman–Crippen LogP) is 0.149. The molecule has 0 radical (unpaired) electrons. The molecule has 0 saturated carbocycles. The second-order valence-corrected chi connectivity index (χ2v) is 4.77. The van der Waals surface area contributed by atoms with Crippen molar-refractivity contribution in [2.75, 3.05) is 39.3 Å². The summed E-state index contributed by atoms with van der Waals surface area (Å²) in [5.74, 6) is 0.774. The maximum absolute atomic E-state index is 5.37. The SMILES string of the molecule is CC(C)CC(C)NCCNCCNCCN. The van der Waals surface area contributed by atoms with Crippen molar-refractivity contribution in [1.29, 1.82) is 0 Å². The van der Waals surface area contributed by atoms with E-state index in [1.54, 1.807) is 0 Å². The number of hydrogen-bond donors (Lipinski definition) is 4. The van der Waals surface area contributed by atoms with Crippen molar-refractivity contribution in [2.45, 2.75) is 33.2 Å². The van der Waals surface area contributed by atoms with Crippen LogP contribution in [0.5, 0.6) is 0 Å². The quantitative estimate of drug-likeness (QED) is 0.382. The average Bonchev–Trinajstić information content (AvgIpc) is 2.21. The Morgan fingerprint density at radius 1 is 0.875 bits per heavy atom. The van der Waals surface area contributed by atoms with Crippen LogP contribution >= 0.6 is 0 Å². The summed E-state index contributed by atoms with van der Waals surface area (Å²) in [5, 5.41) is 10.2. The lowest BCUT2D eigenvalue weighted by atomic mass is 10.1. The third-order valence-electron chi connectivity index (χ3n) is 2.42. The zero-order valence-corrected chi connectivity index (χ0v) is 11.2. The predicted molar refractivity (Wildman–Crippen MR) is 71.7 cm³/mol. The van der Waals surface area contributed by atoms with Crippen molar-refractivity contribution in [3.8, 4) is 0 Å². The summed E-state index contributed by atoms with van der Waals surface area (Å²) in [5.41, 5.74) is 5.37. The molecule has 0 aliphatic rings. The van der Waals surface area contributed by atoms with Gasteiger partial charge in [0.15, 0.2) is 0 Å². The summed E-state index contributed by atoms with van der Waals surface area (Å²) in [6, 6.07) is 0.622. The summed E-state index contributed by atoms with van der Waals surface area (Å²) in [4.78, 5) is 0. The van der Waals surface area contributed by atoms with Gasteiger partial charge in [-0.2, -0.15) is 0 Å². The molecular formula is C12H30N4. The molecule has 0 heterocycles. The summed E-state index contributed by atoms with van der Waals surface area (Å²) >= 11 is 0. The molecule has 0 bridgehead atoms. The molecule has 5 N–H and O–H groups in total. The number of hydrogen-bond acceptors (Lipinski definition) is 4. The second kappa shape index (κ2) is 11.3. The van der Waals surface area contributed by atoms with Crippen LogP contribution in [-0.4, -0.2) is 45.3 Å². The Kier molecular flexibility index (Phi) is 11.2. The van der Waals surface area contributed by atoms with Gasteiger partial charge in [0.1, 0.15) is 0 Å². The van der Waals surface area contributed by atoms with Gasteiger partial charge in [0.25, 0.3) is 0 Å². The molecule has 4 heteroatoms. The highest BCUT2D eigenvalue weighted by Gasteiger charge is 2.02. The molecule has 0 aromatic rings. The highest BCUT2D eigenvalue weighted by molar-refractivity contribution is 4.63. The molecule has 0 aliphatic carbocycles. The van der Waals surface area contributed by atoms with E-state index in [1.165, 1.54) is 6.42 Å². The van der Waals surface area contributed by atoms with Crippen molar-refractivity contribution in [3.63, 3.8) is 0 Å². The Morgan fingerprint density at radius 3 is 2.00 bits per heavy atom. The Morgan fingerprint density at radius 2 is 1.44 bits per heavy atom. The number of nitrogens with two attached hydrogens (primary N) is 1. The average molecular weight is 230 g/mol. The minimum atomic E-state index is 0.622. The van der Waals surface area contributed by atoms with E-state index in [1.807, 2.05) is 0 Å². The monoisotopic (exact) mass is 230 g/mol. The summed E-state index contributed by atoms with van der Waals surface area (Å²) < 4.78 is 0. The fraction of sp³-hybridized carbons (Fsp3) is 1.00. The van der Waals surface area contributed by atoms with Crippen LogP contribution in [0.2, 0.25) is 0 Å². The van der Waals surface area contributed by atoms with Gasteiger partial charge in [-0.3, -0.25) is 0 Å². The van der Waals surface area contributed by atoms with Crippen molar-refractivity contribution < 1.29 is 0 Å². The Balaban J connectivity index is 3.08. The Labute approximate surface area is 101 Å². The van der Waals surface area contributed by atoms with Crippen LogP contribution < -0.4 is 21.7 Å². The maximum Gasteiger partial charge on any atom is 0.00792 e. The van der Waals surface area contributed by atoms with Crippen LogP contribution in [0.4, 0.5) is 0 Å². The Hall–Kier alpha value is -0.160. The van der Waals surface area contributed by atoms with Gasteiger partial charge in [0.2, 0.25) is 0 Å². The highest BCUT2D eigenvalue weighted by atomic mass is 15.0. The number of rotatable bonds is 11. The molecule has 0 aliphatic heterocycles. The van der Waals surface area contributed by atoms with Gasteiger partial charge in [0.05, 0.1) is 0 Å². The van der Waals surface area contributed by atoms with Gasteiger partial charge < -0.3 is 21.7 Å². The summed E-state index contributed by atoms with van der Waals surface area (Å²) in [6.45, 7) is 12.5. The van der Waals surface area contributed by atoms with E-state index in [9.17, 15) is 0 Å². The van der Waals surface area contributed by atoms with Gasteiger partial charge in [0, 0.05) is 45.3 Å². The van der Waals surface area contributed by atoms with Gasteiger partial charge in [-0.25, -0.2) is 0 Å². The first-order valence-electron chi connectivity index (χ1n) is 6.51. The van der Waals surface area contributed by atoms with Crippen molar-refractivity contribution in [1.82, 2.24) is 16.0 Å². The lowest BCUT2D eigenvalue weighted by Crippen LogP contribution is -2.37. The van der Waals surface area contributed by atoms with E-state index < -0.39 is 0 Å². The third kappa shape index (κ3) is 11.9. The zero-order chi connectivity index (χ0) is 12.2. The van der Waals surface area contributed by atoms with Crippen molar-refractivity contribution in [3.05, 3.63) is 0 Å². The molecule has 0 aromatic heterocycles. The highest BCUT2D eigenvalue weighted by Crippen LogP contribution is 2.02. The molecule has 0 spiro atoms. The van der Waals surface area contributed by atoms with Crippen molar-refractivity contribution in [2.24, 2.45) is 11.7 Å². The molecule has 1 atom stereocenters.